The number of nitrogens with zero attached hydrogens (tertiary/aromatic N) is 5. The van der Waals surface area contributed by atoms with Gasteiger partial charge in [-0.05, 0) is 49.2 Å². The molecule has 1 atom stereocenters. The molecule has 1 aliphatic rings. The zero-order valence-electron chi connectivity index (χ0n) is 19.4. The fourth-order valence-corrected chi connectivity index (χ4v) is 5.06. The minimum Gasteiger partial charge on any atom is -0.336 e. The predicted octanol–water partition coefficient (Wildman–Crippen LogP) is 4.77. The molecule has 1 aromatic heterocycles. The molecule has 9 heteroatoms. The SMILES string of the molecule is Cc1cc(C#N)cc2c1nc(Cc1c(Cl)ccc(C(=O)N3CCN(CC(C)F)CC3)c1Cl)n2C. The van der Waals surface area contributed by atoms with E-state index in [0.29, 0.717) is 65.9 Å². The van der Waals surface area contributed by atoms with Crippen LogP contribution >= 0.6 is 23.2 Å². The summed E-state index contributed by atoms with van der Waals surface area (Å²) in [5.74, 6) is 0.575. The Morgan fingerprint density at radius 2 is 1.94 bits per heavy atom. The number of amides is 1. The average Bonchev–Trinajstić information content (AvgIpc) is 3.12. The first kappa shape index (κ1) is 24.5. The maximum atomic E-state index is 13.3. The summed E-state index contributed by atoms with van der Waals surface area (Å²) in [4.78, 5) is 21.8. The van der Waals surface area contributed by atoms with Crippen LogP contribution in [0.3, 0.4) is 0 Å². The van der Waals surface area contributed by atoms with Crippen molar-refractivity contribution in [2.24, 2.45) is 7.05 Å². The van der Waals surface area contributed by atoms with E-state index in [1.165, 1.54) is 0 Å². The van der Waals surface area contributed by atoms with Gasteiger partial charge in [-0.3, -0.25) is 9.69 Å². The van der Waals surface area contributed by atoms with E-state index in [0.717, 1.165) is 22.4 Å². The van der Waals surface area contributed by atoms with Gasteiger partial charge in [-0.2, -0.15) is 5.26 Å². The number of benzene rings is 2. The van der Waals surface area contributed by atoms with Crippen LogP contribution in [0.5, 0.6) is 0 Å². The number of piperazine rings is 1. The number of aryl methyl sites for hydroxylation is 2. The van der Waals surface area contributed by atoms with E-state index >= 15 is 0 Å². The molecule has 2 aromatic carbocycles. The standard InChI is InChI=1S/C25H26Cl2FN5O/c1-15-10-17(13-29)11-21-24(15)30-22(31(21)3)12-19-20(26)5-4-18(23(19)27)25(34)33-8-6-32(7-9-33)14-16(2)28/h4-5,10-11,16H,6-9,12,14H2,1-3H3. The molecule has 1 amide bonds. The van der Waals surface area contributed by atoms with E-state index in [-0.39, 0.29) is 5.91 Å². The van der Waals surface area contributed by atoms with Crippen LogP contribution in [0.4, 0.5) is 4.39 Å². The molecule has 1 fully saturated rings. The Morgan fingerprint density at radius 3 is 2.59 bits per heavy atom. The first-order valence-corrected chi connectivity index (χ1v) is 11.9. The topological polar surface area (TPSA) is 65.2 Å². The Hall–Kier alpha value is -2.66. The molecular weight excluding hydrogens is 476 g/mol. The number of carbonyl (C=O) groups excluding carboxylic acids is 1. The summed E-state index contributed by atoms with van der Waals surface area (Å²) >= 11 is 13.2. The molecule has 0 bridgehead atoms. The molecule has 6 nitrogen and oxygen atoms in total. The third-order valence-electron chi connectivity index (χ3n) is 6.32. The van der Waals surface area contributed by atoms with Crippen molar-refractivity contribution in [3.8, 4) is 6.07 Å². The number of halogens is 3. The van der Waals surface area contributed by atoms with Crippen molar-refractivity contribution in [2.75, 3.05) is 32.7 Å². The van der Waals surface area contributed by atoms with Crippen LogP contribution in [0.15, 0.2) is 24.3 Å². The highest BCUT2D eigenvalue weighted by atomic mass is 35.5. The molecule has 0 spiro atoms. The van der Waals surface area contributed by atoms with Gasteiger partial charge < -0.3 is 9.47 Å². The summed E-state index contributed by atoms with van der Waals surface area (Å²) in [6, 6.07) is 9.15. The zero-order valence-corrected chi connectivity index (χ0v) is 20.9. The highest BCUT2D eigenvalue weighted by Gasteiger charge is 2.26. The van der Waals surface area contributed by atoms with Gasteiger partial charge in [0, 0.05) is 51.2 Å². The van der Waals surface area contributed by atoms with Crippen LogP contribution in [0, 0.1) is 18.3 Å². The van der Waals surface area contributed by atoms with Crippen LogP contribution in [0.1, 0.15) is 39.8 Å². The van der Waals surface area contributed by atoms with E-state index in [4.69, 9.17) is 28.2 Å². The van der Waals surface area contributed by atoms with Crippen LogP contribution in [-0.4, -0.2) is 64.2 Å². The molecule has 0 radical (unpaired) electrons. The first-order valence-electron chi connectivity index (χ1n) is 11.2. The van der Waals surface area contributed by atoms with Crippen LogP contribution in [-0.2, 0) is 13.5 Å². The highest BCUT2D eigenvalue weighted by molar-refractivity contribution is 6.38. The summed E-state index contributed by atoms with van der Waals surface area (Å²) in [7, 11) is 1.89. The monoisotopic (exact) mass is 501 g/mol. The largest absolute Gasteiger partial charge is 0.336 e. The van der Waals surface area contributed by atoms with Gasteiger partial charge in [-0.1, -0.05) is 23.2 Å². The summed E-state index contributed by atoms with van der Waals surface area (Å²) in [6.07, 6.45) is -0.554. The fraction of sp³-hybridized carbons (Fsp3) is 0.400. The predicted molar refractivity (Wildman–Crippen MR) is 132 cm³/mol. The summed E-state index contributed by atoms with van der Waals surface area (Å²) in [6.45, 7) is 6.13. The summed E-state index contributed by atoms with van der Waals surface area (Å²) in [5, 5.41) is 10.1. The average molecular weight is 502 g/mol. The van der Waals surface area contributed by atoms with Gasteiger partial charge in [-0.25, -0.2) is 9.37 Å². The second-order valence-corrected chi connectivity index (χ2v) is 9.58. The van der Waals surface area contributed by atoms with Crippen molar-refractivity contribution in [3.05, 3.63) is 62.4 Å². The minimum absolute atomic E-state index is 0.157. The van der Waals surface area contributed by atoms with Gasteiger partial charge in [0.15, 0.2) is 0 Å². The molecule has 1 aliphatic heterocycles. The lowest BCUT2D eigenvalue weighted by molar-refractivity contribution is 0.0609. The number of hydrogen-bond donors (Lipinski definition) is 0. The molecule has 4 rings (SSSR count). The molecule has 2 heterocycles. The van der Waals surface area contributed by atoms with E-state index < -0.39 is 6.17 Å². The molecule has 0 aliphatic carbocycles. The Labute approximate surface area is 208 Å². The van der Waals surface area contributed by atoms with E-state index in [1.54, 1.807) is 24.0 Å². The number of hydrogen-bond acceptors (Lipinski definition) is 4. The van der Waals surface area contributed by atoms with Crippen LogP contribution in [0.2, 0.25) is 10.0 Å². The lowest BCUT2D eigenvalue weighted by Gasteiger charge is -2.35. The van der Waals surface area contributed by atoms with Crippen molar-refractivity contribution >= 4 is 40.1 Å². The lowest BCUT2D eigenvalue weighted by Crippen LogP contribution is -2.49. The lowest BCUT2D eigenvalue weighted by atomic mass is 10.1. The maximum Gasteiger partial charge on any atom is 0.255 e. The summed E-state index contributed by atoms with van der Waals surface area (Å²) in [5.41, 5.74) is 4.19. The van der Waals surface area contributed by atoms with Crippen LogP contribution < -0.4 is 0 Å². The summed E-state index contributed by atoms with van der Waals surface area (Å²) < 4.78 is 15.2. The van der Waals surface area contributed by atoms with E-state index in [2.05, 4.69) is 6.07 Å². The Morgan fingerprint density at radius 1 is 1.24 bits per heavy atom. The normalized spacial score (nSPS) is 15.5. The van der Waals surface area contributed by atoms with Crippen molar-refractivity contribution < 1.29 is 9.18 Å². The molecule has 0 saturated carbocycles. The third kappa shape index (κ3) is 4.76. The van der Waals surface area contributed by atoms with Crippen molar-refractivity contribution in [3.63, 3.8) is 0 Å². The second-order valence-electron chi connectivity index (χ2n) is 8.80. The third-order valence-corrected chi connectivity index (χ3v) is 7.11. The number of fused-ring (bicyclic) bond motifs is 1. The molecule has 3 aromatic rings. The number of aromatic nitrogens is 2. The number of rotatable bonds is 5. The van der Waals surface area contributed by atoms with Gasteiger partial charge in [0.05, 0.1) is 33.3 Å². The number of imidazole rings is 1. The number of nitriles is 1. The van der Waals surface area contributed by atoms with Crippen molar-refractivity contribution in [2.45, 2.75) is 26.4 Å². The van der Waals surface area contributed by atoms with E-state index in [1.807, 2.05) is 35.6 Å². The molecule has 178 valence electrons. The first-order chi connectivity index (χ1) is 16.2. The molecule has 34 heavy (non-hydrogen) atoms. The number of carbonyl (C=O) groups is 1. The minimum atomic E-state index is -0.895. The number of alkyl halides is 1. The van der Waals surface area contributed by atoms with Gasteiger partial charge in [-0.15, -0.1) is 0 Å². The molecule has 1 saturated heterocycles. The Balaban J connectivity index is 1.60. The fourth-order valence-electron chi connectivity index (χ4n) is 4.47. The maximum absolute atomic E-state index is 13.3. The van der Waals surface area contributed by atoms with E-state index in [9.17, 15) is 14.4 Å². The quantitative estimate of drug-likeness (QED) is 0.505. The zero-order chi connectivity index (χ0) is 24.6. The second kappa shape index (κ2) is 9.91. The molecule has 0 N–H and O–H groups in total. The van der Waals surface area contributed by atoms with Gasteiger partial charge in [0.1, 0.15) is 12.0 Å². The van der Waals surface area contributed by atoms with Crippen molar-refractivity contribution in [1.82, 2.24) is 19.4 Å². The van der Waals surface area contributed by atoms with Gasteiger partial charge in [0.25, 0.3) is 5.91 Å². The van der Waals surface area contributed by atoms with Crippen LogP contribution in [0.25, 0.3) is 11.0 Å². The smallest absolute Gasteiger partial charge is 0.255 e. The Kier molecular flexibility index (Phi) is 7.13. The van der Waals surface area contributed by atoms with Crippen molar-refractivity contribution in [1.29, 1.82) is 5.26 Å². The highest BCUT2D eigenvalue weighted by Crippen LogP contribution is 2.32. The van der Waals surface area contributed by atoms with Gasteiger partial charge >= 0.3 is 0 Å². The van der Waals surface area contributed by atoms with Gasteiger partial charge in [0.2, 0.25) is 0 Å². The molecule has 1 unspecified atom stereocenters. The molecular formula is C25H26Cl2FN5O. The Bertz CT molecular complexity index is 1290.